The van der Waals surface area contributed by atoms with Crippen LogP contribution in [-0.2, 0) is 12.3 Å². The van der Waals surface area contributed by atoms with Gasteiger partial charge in [0.2, 0.25) is 0 Å². The highest BCUT2D eigenvalue weighted by Gasteiger charge is 2.02. The van der Waals surface area contributed by atoms with Gasteiger partial charge in [0.15, 0.2) is 5.16 Å². The molecule has 0 atom stereocenters. The van der Waals surface area contributed by atoms with Crippen molar-refractivity contribution >= 4 is 11.8 Å². The summed E-state index contributed by atoms with van der Waals surface area (Å²) in [5, 5.41) is 0.582. The maximum atomic E-state index is 11.0. The molecule has 0 spiro atoms. The summed E-state index contributed by atoms with van der Waals surface area (Å²) in [6.45, 7) is 0.394. The van der Waals surface area contributed by atoms with Gasteiger partial charge in [-0.25, -0.2) is 4.98 Å². The molecule has 0 aliphatic carbocycles. The second-order valence-corrected chi connectivity index (χ2v) is 4.06. The van der Waals surface area contributed by atoms with Crippen LogP contribution in [0.1, 0.15) is 11.5 Å². The van der Waals surface area contributed by atoms with Crippen LogP contribution in [0.5, 0.6) is 0 Å². The van der Waals surface area contributed by atoms with Crippen molar-refractivity contribution < 1.29 is 4.42 Å². The molecule has 3 N–H and O–H groups in total. The first-order chi connectivity index (χ1) is 7.78. The van der Waals surface area contributed by atoms with E-state index in [2.05, 4.69) is 9.97 Å². The number of furan rings is 1. The molecule has 0 unspecified atom stereocenters. The zero-order valence-corrected chi connectivity index (χ0v) is 9.29. The quantitative estimate of drug-likeness (QED) is 0.614. The van der Waals surface area contributed by atoms with Gasteiger partial charge in [0.1, 0.15) is 11.5 Å². The van der Waals surface area contributed by atoms with Gasteiger partial charge in [0, 0.05) is 12.3 Å². The van der Waals surface area contributed by atoms with E-state index >= 15 is 0 Å². The topological polar surface area (TPSA) is 84.9 Å². The number of aromatic nitrogens is 2. The molecule has 0 aliphatic rings. The van der Waals surface area contributed by atoms with Crippen LogP contribution in [0, 0.1) is 0 Å². The maximum Gasteiger partial charge on any atom is 0.251 e. The van der Waals surface area contributed by atoms with Gasteiger partial charge in [0.05, 0.1) is 12.3 Å². The molecule has 0 aromatic carbocycles. The number of aromatic amines is 1. The molecule has 0 saturated heterocycles. The summed E-state index contributed by atoms with van der Waals surface area (Å²) >= 11 is 1.41. The number of nitrogens with one attached hydrogen (secondary N) is 1. The first kappa shape index (κ1) is 11.0. The summed E-state index contributed by atoms with van der Waals surface area (Å²) in [6.07, 6.45) is 1.48. The number of nitrogens with zero attached hydrogens (tertiary/aromatic N) is 1. The lowest BCUT2D eigenvalue weighted by Crippen LogP contribution is -2.05. The fourth-order valence-corrected chi connectivity index (χ4v) is 1.92. The Bertz CT molecular complexity index is 521. The van der Waals surface area contributed by atoms with Gasteiger partial charge in [-0.15, -0.1) is 0 Å². The van der Waals surface area contributed by atoms with Gasteiger partial charge in [-0.1, -0.05) is 11.8 Å². The Morgan fingerprint density at radius 3 is 2.88 bits per heavy atom. The monoisotopic (exact) mass is 237 g/mol. The molecule has 0 fully saturated rings. The molecule has 0 saturated carbocycles. The van der Waals surface area contributed by atoms with E-state index < -0.39 is 0 Å². The summed E-state index contributed by atoms with van der Waals surface area (Å²) in [6, 6.07) is 5.09. The highest BCUT2D eigenvalue weighted by molar-refractivity contribution is 7.98. The van der Waals surface area contributed by atoms with E-state index in [1.165, 1.54) is 24.0 Å². The minimum absolute atomic E-state index is 0.153. The molecule has 84 valence electrons. The Labute approximate surface area is 96.1 Å². The lowest BCUT2D eigenvalue weighted by molar-refractivity contribution is 0.482. The third-order valence-corrected chi connectivity index (χ3v) is 2.83. The van der Waals surface area contributed by atoms with Crippen LogP contribution in [0.15, 0.2) is 38.8 Å². The number of hydrogen-bond donors (Lipinski definition) is 2. The molecule has 5 nitrogen and oxygen atoms in total. The Morgan fingerprint density at radius 1 is 1.38 bits per heavy atom. The van der Waals surface area contributed by atoms with Crippen molar-refractivity contribution in [1.29, 1.82) is 0 Å². The Morgan fingerprint density at radius 2 is 2.19 bits per heavy atom. The van der Waals surface area contributed by atoms with Crippen LogP contribution >= 0.6 is 11.8 Å². The summed E-state index contributed by atoms with van der Waals surface area (Å²) < 4.78 is 5.42. The van der Waals surface area contributed by atoms with E-state index in [4.69, 9.17) is 10.2 Å². The van der Waals surface area contributed by atoms with Crippen LogP contribution in [0.2, 0.25) is 0 Å². The first-order valence-electron chi connectivity index (χ1n) is 4.74. The van der Waals surface area contributed by atoms with E-state index in [1.54, 1.807) is 0 Å². The SMILES string of the molecule is NCc1ccc(CSc2nccc(=O)[nH]2)o1. The van der Waals surface area contributed by atoms with Gasteiger partial charge in [-0.2, -0.15) is 0 Å². The summed E-state index contributed by atoms with van der Waals surface area (Å²) in [5.74, 6) is 2.19. The number of rotatable bonds is 4. The van der Waals surface area contributed by atoms with Crippen LogP contribution in [-0.4, -0.2) is 9.97 Å². The molecule has 2 aromatic heterocycles. The van der Waals surface area contributed by atoms with Gasteiger partial charge in [-0.3, -0.25) is 4.79 Å². The average Bonchev–Trinajstić information content (AvgIpc) is 2.74. The Balaban J connectivity index is 1.99. The van der Waals surface area contributed by atoms with Crippen molar-refractivity contribution in [2.75, 3.05) is 0 Å². The predicted octanol–water partition coefficient (Wildman–Crippen LogP) is 1.11. The van der Waals surface area contributed by atoms with E-state index in [9.17, 15) is 4.79 Å². The number of H-pyrrole nitrogens is 1. The van der Waals surface area contributed by atoms with Crippen molar-refractivity contribution in [2.24, 2.45) is 5.73 Å². The van der Waals surface area contributed by atoms with Crippen molar-refractivity contribution in [1.82, 2.24) is 9.97 Å². The third-order valence-electron chi connectivity index (χ3n) is 1.92. The normalized spacial score (nSPS) is 10.6. The van der Waals surface area contributed by atoms with Crippen LogP contribution in [0.25, 0.3) is 0 Å². The molecule has 2 rings (SSSR count). The van der Waals surface area contributed by atoms with Gasteiger partial charge in [0.25, 0.3) is 5.56 Å². The van der Waals surface area contributed by atoms with Gasteiger partial charge in [-0.05, 0) is 12.1 Å². The molecule has 0 radical (unpaired) electrons. The number of hydrogen-bond acceptors (Lipinski definition) is 5. The van der Waals surface area contributed by atoms with Crippen molar-refractivity contribution in [3.05, 3.63) is 46.3 Å². The van der Waals surface area contributed by atoms with Crippen molar-refractivity contribution in [2.45, 2.75) is 17.5 Å². The van der Waals surface area contributed by atoms with Crippen molar-refractivity contribution in [3.8, 4) is 0 Å². The zero-order valence-electron chi connectivity index (χ0n) is 8.47. The molecule has 6 heteroatoms. The number of thioether (sulfide) groups is 1. The van der Waals surface area contributed by atoms with E-state index in [1.807, 2.05) is 12.1 Å². The van der Waals surface area contributed by atoms with Crippen LogP contribution in [0.4, 0.5) is 0 Å². The van der Waals surface area contributed by atoms with E-state index in [0.717, 1.165) is 11.5 Å². The zero-order chi connectivity index (χ0) is 11.4. The summed E-state index contributed by atoms with van der Waals surface area (Å²) in [4.78, 5) is 17.7. The van der Waals surface area contributed by atoms with Crippen LogP contribution in [0.3, 0.4) is 0 Å². The molecular formula is C10H11N3O2S. The fraction of sp³-hybridized carbons (Fsp3) is 0.200. The summed E-state index contributed by atoms with van der Waals surface area (Å²) in [5.41, 5.74) is 5.28. The van der Waals surface area contributed by atoms with Crippen LogP contribution < -0.4 is 11.3 Å². The highest BCUT2D eigenvalue weighted by atomic mass is 32.2. The lowest BCUT2D eigenvalue weighted by atomic mass is 10.4. The molecule has 0 aliphatic heterocycles. The smallest absolute Gasteiger partial charge is 0.251 e. The van der Waals surface area contributed by atoms with E-state index in [-0.39, 0.29) is 5.56 Å². The second kappa shape index (κ2) is 5.00. The molecule has 2 heterocycles. The molecule has 2 aromatic rings. The fourth-order valence-electron chi connectivity index (χ4n) is 1.17. The number of nitrogens with two attached hydrogens (primary N) is 1. The summed E-state index contributed by atoms with van der Waals surface area (Å²) in [7, 11) is 0. The second-order valence-electron chi connectivity index (χ2n) is 3.10. The Hall–Kier alpha value is -1.53. The molecular weight excluding hydrogens is 226 g/mol. The first-order valence-corrected chi connectivity index (χ1v) is 5.72. The Kier molecular flexibility index (Phi) is 3.43. The molecule has 0 amide bonds. The molecule has 16 heavy (non-hydrogen) atoms. The average molecular weight is 237 g/mol. The maximum absolute atomic E-state index is 11.0. The predicted molar refractivity (Wildman–Crippen MR) is 61.0 cm³/mol. The van der Waals surface area contributed by atoms with Crippen molar-refractivity contribution in [3.63, 3.8) is 0 Å². The third kappa shape index (κ3) is 2.74. The van der Waals surface area contributed by atoms with E-state index in [0.29, 0.717) is 17.5 Å². The minimum Gasteiger partial charge on any atom is -0.464 e. The highest BCUT2D eigenvalue weighted by Crippen LogP contribution is 2.19. The largest absolute Gasteiger partial charge is 0.464 e. The van der Waals surface area contributed by atoms with Gasteiger partial charge < -0.3 is 15.1 Å². The van der Waals surface area contributed by atoms with Gasteiger partial charge >= 0.3 is 0 Å². The molecule has 0 bridgehead atoms. The minimum atomic E-state index is -0.153. The standard InChI is InChI=1S/C10H11N3O2S/c11-5-7-1-2-8(15-7)6-16-10-12-4-3-9(14)13-10/h1-4H,5-6,11H2,(H,12,13,14). The lowest BCUT2D eigenvalue weighted by Gasteiger charge is -1.97.